The summed E-state index contributed by atoms with van der Waals surface area (Å²) < 4.78 is 0. The highest BCUT2D eigenvalue weighted by molar-refractivity contribution is 7.98. The molecule has 0 aliphatic heterocycles. The first kappa shape index (κ1) is 14.2. The van der Waals surface area contributed by atoms with Gasteiger partial charge in [-0.2, -0.15) is 0 Å². The standard InChI is InChI=1S/C15H17NOS2/c1-11(10-12-6-5-9-19-12)16-15(17)13-7-3-4-8-14(13)18-2/h3-9,11H,10H2,1-2H3,(H,16,17)/t11-/m1/s1. The minimum atomic E-state index is 0.00834. The third-order valence-corrected chi connectivity index (χ3v) is 4.51. The Morgan fingerprint density at radius 1 is 1.32 bits per heavy atom. The molecule has 0 aliphatic carbocycles. The fourth-order valence-electron chi connectivity index (χ4n) is 1.92. The van der Waals surface area contributed by atoms with E-state index >= 15 is 0 Å². The number of thiophene rings is 1. The summed E-state index contributed by atoms with van der Waals surface area (Å²) in [7, 11) is 0. The van der Waals surface area contributed by atoms with Crippen LogP contribution in [0.25, 0.3) is 0 Å². The van der Waals surface area contributed by atoms with E-state index in [9.17, 15) is 4.79 Å². The van der Waals surface area contributed by atoms with E-state index in [-0.39, 0.29) is 11.9 Å². The smallest absolute Gasteiger partial charge is 0.252 e. The molecule has 1 N–H and O–H groups in total. The van der Waals surface area contributed by atoms with Gasteiger partial charge in [0.1, 0.15) is 0 Å². The van der Waals surface area contributed by atoms with Crippen LogP contribution in [0.1, 0.15) is 22.2 Å². The lowest BCUT2D eigenvalue weighted by molar-refractivity contribution is 0.0937. The maximum atomic E-state index is 12.2. The van der Waals surface area contributed by atoms with E-state index in [1.165, 1.54) is 4.88 Å². The van der Waals surface area contributed by atoms with Gasteiger partial charge in [0, 0.05) is 22.2 Å². The first-order valence-electron chi connectivity index (χ1n) is 6.17. The quantitative estimate of drug-likeness (QED) is 0.848. The van der Waals surface area contributed by atoms with Gasteiger partial charge >= 0.3 is 0 Å². The molecule has 1 amide bonds. The fourth-order valence-corrected chi connectivity index (χ4v) is 3.35. The lowest BCUT2D eigenvalue weighted by atomic mass is 10.1. The largest absolute Gasteiger partial charge is 0.349 e. The van der Waals surface area contributed by atoms with Gasteiger partial charge in [-0.1, -0.05) is 18.2 Å². The fraction of sp³-hybridized carbons (Fsp3) is 0.267. The highest BCUT2D eigenvalue weighted by Crippen LogP contribution is 2.20. The molecule has 4 heteroatoms. The van der Waals surface area contributed by atoms with E-state index in [4.69, 9.17) is 0 Å². The van der Waals surface area contributed by atoms with Crippen LogP contribution < -0.4 is 5.32 Å². The molecule has 1 heterocycles. The van der Waals surface area contributed by atoms with Gasteiger partial charge in [-0.15, -0.1) is 23.1 Å². The number of nitrogens with one attached hydrogen (secondary N) is 1. The van der Waals surface area contributed by atoms with Crippen LogP contribution >= 0.6 is 23.1 Å². The molecule has 0 spiro atoms. The Morgan fingerprint density at radius 3 is 2.79 bits per heavy atom. The number of carbonyl (C=O) groups is 1. The van der Waals surface area contributed by atoms with Crippen molar-refractivity contribution in [3.63, 3.8) is 0 Å². The zero-order valence-electron chi connectivity index (χ0n) is 11.1. The summed E-state index contributed by atoms with van der Waals surface area (Å²) in [6.07, 6.45) is 2.87. The first-order chi connectivity index (χ1) is 9.20. The Labute approximate surface area is 122 Å². The maximum absolute atomic E-state index is 12.2. The van der Waals surface area contributed by atoms with Crippen molar-refractivity contribution in [2.45, 2.75) is 24.3 Å². The highest BCUT2D eigenvalue weighted by Gasteiger charge is 2.13. The van der Waals surface area contributed by atoms with Crippen molar-refractivity contribution in [1.82, 2.24) is 5.32 Å². The third kappa shape index (κ3) is 3.85. The lowest BCUT2D eigenvalue weighted by Crippen LogP contribution is -2.34. The molecule has 2 rings (SSSR count). The Morgan fingerprint density at radius 2 is 2.11 bits per heavy atom. The van der Waals surface area contributed by atoms with Crippen LogP contribution in [0.2, 0.25) is 0 Å². The molecular weight excluding hydrogens is 274 g/mol. The number of carbonyl (C=O) groups excluding carboxylic acids is 1. The van der Waals surface area contributed by atoms with Crippen LogP contribution in [-0.4, -0.2) is 18.2 Å². The molecule has 19 heavy (non-hydrogen) atoms. The number of benzene rings is 1. The molecule has 0 aliphatic rings. The summed E-state index contributed by atoms with van der Waals surface area (Å²) >= 11 is 3.32. The lowest BCUT2D eigenvalue weighted by Gasteiger charge is -2.14. The Hall–Kier alpha value is -1.26. The molecule has 2 nitrogen and oxygen atoms in total. The molecule has 1 aromatic heterocycles. The molecule has 1 aromatic carbocycles. The number of thioether (sulfide) groups is 1. The number of amides is 1. The van der Waals surface area contributed by atoms with E-state index in [0.29, 0.717) is 0 Å². The van der Waals surface area contributed by atoms with Gasteiger partial charge in [-0.05, 0) is 36.8 Å². The van der Waals surface area contributed by atoms with E-state index in [0.717, 1.165) is 16.9 Å². The molecule has 0 bridgehead atoms. The van der Waals surface area contributed by atoms with Gasteiger partial charge in [-0.25, -0.2) is 0 Å². The predicted molar refractivity (Wildman–Crippen MR) is 83.2 cm³/mol. The average molecular weight is 291 g/mol. The van der Waals surface area contributed by atoms with Crippen molar-refractivity contribution >= 4 is 29.0 Å². The van der Waals surface area contributed by atoms with E-state index in [2.05, 4.69) is 16.8 Å². The van der Waals surface area contributed by atoms with E-state index < -0.39 is 0 Å². The van der Waals surface area contributed by atoms with Gasteiger partial charge in [0.2, 0.25) is 0 Å². The number of hydrogen-bond acceptors (Lipinski definition) is 3. The van der Waals surface area contributed by atoms with E-state index in [1.54, 1.807) is 23.1 Å². The minimum Gasteiger partial charge on any atom is -0.349 e. The molecule has 100 valence electrons. The van der Waals surface area contributed by atoms with Crippen LogP contribution in [0.15, 0.2) is 46.7 Å². The second kappa shape index (κ2) is 6.78. The zero-order chi connectivity index (χ0) is 13.7. The summed E-state index contributed by atoms with van der Waals surface area (Å²) in [5.41, 5.74) is 0.757. The second-order valence-corrected chi connectivity index (χ2v) is 6.24. The van der Waals surface area contributed by atoms with Crippen LogP contribution in [0.4, 0.5) is 0 Å². The molecule has 0 fully saturated rings. The molecule has 1 atom stereocenters. The molecule has 0 radical (unpaired) electrons. The van der Waals surface area contributed by atoms with Gasteiger partial charge in [0.15, 0.2) is 0 Å². The Bertz CT molecular complexity index is 537. The minimum absolute atomic E-state index is 0.00834. The monoisotopic (exact) mass is 291 g/mol. The van der Waals surface area contributed by atoms with E-state index in [1.807, 2.05) is 43.5 Å². The Balaban J connectivity index is 2.00. The van der Waals surface area contributed by atoms with Crippen molar-refractivity contribution < 1.29 is 4.79 Å². The second-order valence-electron chi connectivity index (χ2n) is 4.36. The van der Waals surface area contributed by atoms with Crippen LogP contribution in [-0.2, 0) is 6.42 Å². The highest BCUT2D eigenvalue weighted by atomic mass is 32.2. The number of rotatable bonds is 5. The van der Waals surface area contributed by atoms with Crippen molar-refractivity contribution in [2.75, 3.05) is 6.26 Å². The molecule has 0 saturated heterocycles. The van der Waals surface area contributed by atoms with Crippen molar-refractivity contribution in [1.29, 1.82) is 0 Å². The van der Waals surface area contributed by atoms with Gasteiger partial charge < -0.3 is 5.32 Å². The van der Waals surface area contributed by atoms with Crippen LogP contribution in [0.5, 0.6) is 0 Å². The summed E-state index contributed by atoms with van der Waals surface area (Å²) in [6, 6.07) is 12.0. The molecule has 0 saturated carbocycles. The van der Waals surface area contributed by atoms with Crippen LogP contribution in [0.3, 0.4) is 0 Å². The number of hydrogen-bond donors (Lipinski definition) is 1. The van der Waals surface area contributed by atoms with Crippen molar-refractivity contribution in [3.8, 4) is 0 Å². The summed E-state index contributed by atoms with van der Waals surface area (Å²) in [5, 5.41) is 5.13. The Kier molecular flexibility index (Phi) is 5.05. The van der Waals surface area contributed by atoms with Crippen molar-refractivity contribution in [3.05, 3.63) is 52.2 Å². The van der Waals surface area contributed by atoms with Gasteiger partial charge in [0.25, 0.3) is 5.91 Å². The van der Waals surface area contributed by atoms with Gasteiger partial charge in [-0.3, -0.25) is 4.79 Å². The normalized spacial score (nSPS) is 12.1. The first-order valence-corrected chi connectivity index (χ1v) is 8.27. The SMILES string of the molecule is CSc1ccccc1C(=O)N[C@H](C)Cc1cccs1. The van der Waals surface area contributed by atoms with Crippen molar-refractivity contribution in [2.24, 2.45) is 0 Å². The summed E-state index contributed by atoms with van der Waals surface area (Å²) in [6.45, 7) is 2.04. The average Bonchev–Trinajstić information content (AvgIpc) is 2.91. The maximum Gasteiger partial charge on any atom is 0.252 e. The predicted octanol–water partition coefficient (Wildman–Crippen LogP) is 3.83. The van der Waals surface area contributed by atoms with Crippen LogP contribution in [0, 0.1) is 0 Å². The summed E-state index contributed by atoms with van der Waals surface area (Å²) in [5.74, 6) is 0.00834. The topological polar surface area (TPSA) is 29.1 Å². The molecule has 2 aromatic rings. The molecular formula is C15H17NOS2. The third-order valence-electron chi connectivity index (χ3n) is 2.82. The van der Waals surface area contributed by atoms with Gasteiger partial charge in [0.05, 0.1) is 5.56 Å². The molecule has 0 unspecified atom stereocenters. The zero-order valence-corrected chi connectivity index (χ0v) is 12.7. The summed E-state index contributed by atoms with van der Waals surface area (Å²) in [4.78, 5) is 14.6.